The van der Waals surface area contributed by atoms with Crippen molar-refractivity contribution in [3.05, 3.63) is 35.9 Å². The number of rotatable bonds is 42. The first-order valence-electron chi connectivity index (χ1n) is 27.0. The topological polar surface area (TPSA) is 138 Å². The average molecular weight is 927 g/mol. The molecule has 378 valence electrons. The first-order valence-corrected chi connectivity index (χ1v) is 27.0. The van der Waals surface area contributed by atoms with Gasteiger partial charge in [0.15, 0.2) is 6.10 Å². The second-order valence-corrected chi connectivity index (χ2v) is 18.8. The molecule has 0 saturated carbocycles. The summed E-state index contributed by atoms with van der Waals surface area (Å²) in [6.45, 7) is 8.03. The summed E-state index contributed by atoms with van der Waals surface area (Å²) >= 11 is 0. The number of carbonyl (C=O) groups is 5. The maximum absolute atomic E-state index is 13.9. The maximum atomic E-state index is 13.9. The monoisotopic (exact) mass is 927 g/mol. The Balaban J connectivity index is 1.87. The number of hydrogen-bond acceptors (Lipinski definition) is 10. The van der Waals surface area contributed by atoms with E-state index < -0.39 is 36.2 Å². The molecule has 0 unspecified atom stereocenters. The molecule has 11 nitrogen and oxygen atoms in total. The molecular formula is C55H94N2O9. The number of amides is 1. The van der Waals surface area contributed by atoms with Gasteiger partial charge in [-0.25, -0.2) is 4.79 Å². The molecule has 1 N–H and O–H groups in total. The Morgan fingerprint density at radius 3 is 1.48 bits per heavy atom. The molecule has 1 aromatic carbocycles. The Morgan fingerprint density at radius 1 is 0.606 bits per heavy atom. The first-order chi connectivity index (χ1) is 32.2. The van der Waals surface area contributed by atoms with E-state index in [-0.39, 0.29) is 50.5 Å². The van der Waals surface area contributed by atoms with Crippen molar-refractivity contribution in [2.45, 2.75) is 257 Å². The maximum Gasteiger partial charge on any atom is 0.329 e. The minimum atomic E-state index is -1.01. The molecule has 1 heterocycles. The Morgan fingerprint density at radius 2 is 1.05 bits per heavy atom. The number of carbonyl (C=O) groups excluding carboxylic acids is 5. The highest BCUT2D eigenvalue weighted by atomic mass is 16.6. The smallest absolute Gasteiger partial charge is 0.329 e. The molecule has 0 radical (unpaired) electrons. The molecule has 1 amide bonds. The lowest BCUT2D eigenvalue weighted by Gasteiger charge is -2.29. The molecule has 1 fully saturated rings. The van der Waals surface area contributed by atoms with Crippen molar-refractivity contribution in [2.75, 3.05) is 26.4 Å². The number of benzene rings is 1. The van der Waals surface area contributed by atoms with Gasteiger partial charge in [0.1, 0.15) is 25.3 Å². The van der Waals surface area contributed by atoms with Gasteiger partial charge in [0.05, 0.1) is 12.6 Å². The number of likely N-dealkylation sites (tertiary alicyclic amines) is 1. The molecule has 0 aliphatic carbocycles. The fourth-order valence-corrected chi connectivity index (χ4v) is 8.81. The van der Waals surface area contributed by atoms with Crippen LogP contribution in [-0.2, 0) is 49.3 Å². The van der Waals surface area contributed by atoms with Gasteiger partial charge in [0.25, 0.3) is 0 Å². The molecule has 0 aromatic heterocycles. The van der Waals surface area contributed by atoms with Gasteiger partial charge in [-0.2, -0.15) is 0 Å². The largest absolute Gasteiger partial charge is 0.465 e. The van der Waals surface area contributed by atoms with Crippen LogP contribution in [0.1, 0.15) is 232 Å². The van der Waals surface area contributed by atoms with E-state index in [4.69, 9.17) is 18.9 Å². The zero-order valence-electron chi connectivity index (χ0n) is 42.3. The molecule has 66 heavy (non-hydrogen) atoms. The Labute approximate surface area is 401 Å². The molecule has 1 aliphatic rings. The number of nitrogens with one attached hydrogen (secondary N) is 1. The highest BCUT2D eigenvalue weighted by Crippen LogP contribution is 2.22. The van der Waals surface area contributed by atoms with Crippen LogP contribution < -0.4 is 5.32 Å². The summed E-state index contributed by atoms with van der Waals surface area (Å²) in [5.41, 5.74) is 1.07. The molecule has 0 spiro atoms. The van der Waals surface area contributed by atoms with Crippen LogP contribution in [0.4, 0.5) is 0 Å². The highest BCUT2D eigenvalue weighted by molar-refractivity contribution is 5.88. The van der Waals surface area contributed by atoms with Gasteiger partial charge in [-0.3, -0.25) is 24.5 Å². The lowest BCUT2D eigenvalue weighted by molar-refractivity contribution is -0.171. The van der Waals surface area contributed by atoms with Crippen LogP contribution in [0.15, 0.2) is 30.3 Å². The van der Waals surface area contributed by atoms with Gasteiger partial charge in [-0.15, -0.1) is 0 Å². The van der Waals surface area contributed by atoms with Gasteiger partial charge < -0.3 is 23.8 Å². The predicted octanol–water partition coefficient (Wildman–Crippen LogP) is 12.5. The van der Waals surface area contributed by atoms with Crippen molar-refractivity contribution >= 4 is 29.8 Å². The lowest BCUT2D eigenvalue weighted by Crippen LogP contribution is -2.53. The Bertz CT molecular complexity index is 1360. The number of ether oxygens (including phenoxy) is 4. The van der Waals surface area contributed by atoms with Crippen molar-refractivity contribution in [1.82, 2.24) is 10.2 Å². The van der Waals surface area contributed by atoms with Crippen molar-refractivity contribution in [1.29, 1.82) is 0 Å². The third-order valence-electron chi connectivity index (χ3n) is 12.9. The number of aryl methyl sites for hydroxylation is 1. The van der Waals surface area contributed by atoms with Crippen LogP contribution in [0.2, 0.25) is 0 Å². The minimum absolute atomic E-state index is 0.218. The van der Waals surface area contributed by atoms with Crippen LogP contribution >= 0.6 is 0 Å². The third kappa shape index (κ3) is 28.6. The lowest BCUT2D eigenvalue weighted by atomic mass is 10.0. The summed E-state index contributed by atoms with van der Waals surface area (Å²) in [5, 5.41) is 3.17. The Kier molecular flexibility index (Phi) is 35.1. The van der Waals surface area contributed by atoms with Gasteiger partial charge >= 0.3 is 23.9 Å². The molecule has 3 atom stereocenters. The fourth-order valence-electron chi connectivity index (χ4n) is 8.81. The summed E-state index contributed by atoms with van der Waals surface area (Å²) in [6.07, 6.45) is 33.1. The van der Waals surface area contributed by atoms with Gasteiger partial charge in [0.2, 0.25) is 5.91 Å². The predicted molar refractivity (Wildman–Crippen MR) is 265 cm³/mol. The third-order valence-corrected chi connectivity index (χ3v) is 12.9. The van der Waals surface area contributed by atoms with Crippen LogP contribution in [0.25, 0.3) is 0 Å². The molecule has 0 bridgehead atoms. The van der Waals surface area contributed by atoms with E-state index in [1.54, 1.807) is 13.8 Å². The summed E-state index contributed by atoms with van der Waals surface area (Å²) in [4.78, 5) is 67.8. The van der Waals surface area contributed by atoms with Crippen molar-refractivity contribution in [3.63, 3.8) is 0 Å². The molecule has 2 rings (SSSR count). The van der Waals surface area contributed by atoms with E-state index in [0.717, 1.165) is 44.1 Å². The van der Waals surface area contributed by atoms with E-state index >= 15 is 0 Å². The normalized spacial score (nSPS) is 14.6. The SMILES string of the molecule is CCCCCCCCCCCCCCCC(=O)OCC(COC(=O)CCCCCCCCCCCCCCC)OC(=O)[C@@H]1CCCN1C(=O)[C@H](C)N[C@@H](CCc1ccccc1)C(=O)OCC. The summed E-state index contributed by atoms with van der Waals surface area (Å²) in [7, 11) is 0. The number of esters is 4. The summed E-state index contributed by atoms with van der Waals surface area (Å²) in [5.74, 6) is -2.14. The van der Waals surface area contributed by atoms with Crippen molar-refractivity contribution in [2.24, 2.45) is 0 Å². The highest BCUT2D eigenvalue weighted by Gasteiger charge is 2.39. The zero-order chi connectivity index (χ0) is 47.9. The average Bonchev–Trinajstić information content (AvgIpc) is 3.82. The molecule has 1 aromatic rings. The van der Waals surface area contributed by atoms with E-state index in [0.29, 0.717) is 32.2 Å². The van der Waals surface area contributed by atoms with Gasteiger partial charge in [0, 0.05) is 19.4 Å². The standard InChI is InChI=1S/C55H94N2O9/c1-5-8-10-12-14-16-18-20-22-24-26-28-33-39-51(58)64-44-48(45-65-52(59)40-34-29-27-25-23-21-19-17-15-13-11-9-6-2)66-55(62)50-38-35-43-57(50)53(60)46(4)56-49(54(61)63-7-3)42-41-47-36-31-30-32-37-47/h30-32,36-37,46,48-50,56H,5-29,33-35,38-45H2,1-4H3/t46-,49-,50-/m0/s1. The molecule has 11 heteroatoms. The number of unbranched alkanes of at least 4 members (excludes halogenated alkanes) is 24. The molecule has 1 saturated heterocycles. The quantitative estimate of drug-likeness (QED) is 0.0383. The van der Waals surface area contributed by atoms with Crippen LogP contribution in [0.3, 0.4) is 0 Å². The van der Waals surface area contributed by atoms with Crippen LogP contribution in [0.5, 0.6) is 0 Å². The number of hydrogen-bond donors (Lipinski definition) is 1. The minimum Gasteiger partial charge on any atom is -0.465 e. The molecule has 1 aliphatic heterocycles. The van der Waals surface area contributed by atoms with E-state index in [2.05, 4.69) is 19.2 Å². The zero-order valence-corrected chi connectivity index (χ0v) is 42.3. The van der Waals surface area contributed by atoms with Crippen LogP contribution in [0, 0.1) is 0 Å². The second-order valence-electron chi connectivity index (χ2n) is 18.8. The van der Waals surface area contributed by atoms with Crippen molar-refractivity contribution < 1.29 is 42.9 Å². The molecular weight excluding hydrogens is 833 g/mol. The van der Waals surface area contributed by atoms with E-state index in [1.165, 1.54) is 133 Å². The summed E-state index contributed by atoms with van der Waals surface area (Å²) in [6, 6.07) is 7.45. The van der Waals surface area contributed by atoms with Gasteiger partial charge in [-0.05, 0) is 57.9 Å². The second kappa shape index (κ2) is 39.5. The first kappa shape index (κ1) is 58.7. The summed E-state index contributed by atoms with van der Waals surface area (Å²) < 4.78 is 22.4. The van der Waals surface area contributed by atoms with E-state index in [9.17, 15) is 24.0 Å². The van der Waals surface area contributed by atoms with E-state index in [1.807, 2.05) is 30.3 Å². The number of nitrogens with zero attached hydrogens (tertiary/aromatic N) is 1. The van der Waals surface area contributed by atoms with Gasteiger partial charge in [-0.1, -0.05) is 198 Å². The Hall–Kier alpha value is -3.47. The van der Waals surface area contributed by atoms with Crippen LogP contribution in [-0.4, -0.2) is 85.3 Å². The fraction of sp³-hybridized carbons (Fsp3) is 0.800. The van der Waals surface area contributed by atoms with Crippen molar-refractivity contribution in [3.8, 4) is 0 Å².